The van der Waals surface area contributed by atoms with Crippen LogP contribution in [0.2, 0.25) is 5.02 Å². The Bertz CT molecular complexity index is 1310. The minimum absolute atomic E-state index is 0.216. The third-order valence-electron chi connectivity index (χ3n) is 4.96. The molecule has 1 N–H and O–H groups in total. The van der Waals surface area contributed by atoms with Crippen molar-refractivity contribution in [3.63, 3.8) is 0 Å². The number of hydrogen-bond acceptors (Lipinski definition) is 5. The van der Waals surface area contributed by atoms with E-state index in [0.717, 1.165) is 10.5 Å². The summed E-state index contributed by atoms with van der Waals surface area (Å²) >= 11 is 9.48. The number of urea groups is 1. The molecule has 1 heterocycles. The van der Waals surface area contributed by atoms with E-state index in [1.165, 1.54) is 19.3 Å². The lowest BCUT2D eigenvalue weighted by molar-refractivity contribution is -0.122. The Balaban J connectivity index is 1.65. The molecule has 1 aliphatic heterocycles. The number of imide groups is 2. The summed E-state index contributed by atoms with van der Waals surface area (Å²) in [6, 6.07) is 18.4. The predicted molar refractivity (Wildman–Crippen MR) is 132 cm³/mol. The molecule has 1 aliphatic rings. The molecule has 172 valence electrons. The Hall–Kier alpha value is -3.62. The molecule has 0 radical (unpaired) electrons. The molecule has 3 aromatic carbocycles. The Morgan fingerprint density at radius 3 is 2.50 bits per heavy atom. The largest absolute Gasteiger partial charge is 0.493 e. The second-order valence-corrected chi connectivity index (χ2v) is 8.54. The number of rotatable bonds is 6. The molecule has 1 fully saturated rings. The molecule has 0 aromatic heterocycles. The van der Waals surface area contributed by atoms with Gasteiger partial charge in [-0.25, -0.2) is 9.69 Å². The second-order valence-electron chi connectivity index (χ2n) is 7.25. The Morgan fingerprint density at radius 2 is 1.79 bits per heavy atom. The van der Waals surface area contributed by atoms with Crippen molar-refractivity contribution < 1.29 is 23.9 Å². The number of halogens is 2. The highest BCUT2D eigenvalue weighted by atomic mass is 79.9. The number of carbonyl (C=O) groups excluding carboxylic acids is 3. The minimum Gasteiger partial charge on any atom is -0.493 e. The molecule has 4 amide bonds. The molecule has 0 unspecified atom stereocenters. The first-order valence-electron chi connectivity index (χ1n) is 10.1. The van der Waals surface area contributed by atoms with E-state index in [1.54, 1.807) is 30.3 Å². The van der Waals surface area contributed by atoms with E-state index in [4.69, 9.17) is 21.1 Å². The summed E-state index contributed by atoms with van der Waals surface area (Å²) in [6.07, 6.45) is 1.38. The van der Waals surface area contributed by atoms with Crippen molar-refractivity contribution in [3.05, 3.63) is 92.9 Å². The Labute approximate surface area is 209 Å². The van der Waals surface area contributed by atoms with Crippen molar-refractivity contribution in [2.24, 2.45) is 0 Å². The number of benzene rings is 3. The third-order valence-corrected chi connectivity index (χ3v) is 5.78. The molecule has 9 heteroatoms. The lowest BCUT2D eigenvalue weighted by Gasteiger charge is -2.26. The van der Waals surface area contributed by atoms with Crippen molar-refractivity contribution in [1.82, 2.24) is 5.32 Å². The highest BCUT2D eigenvalue weighted by Gasteiger charge is 2.37. The van der Waals surface area contributed by atoms with Gasteiger partial charge in [0.05, 0.1) is 17.3 Å². The van der Waals surface area contributed by atoms with E-state index >= 15 is 0 Å². The molecule has 3 aromatic rings. The highest BCUT2D eigenvalue weighted by Crippen LogP contribution is 2.38. The molecule has 7 nitrogen and oxygen atoms in total. The molecule has 0 saturated carbocycles. The lowest BCUT2D eigenvalue weighted by Crippen LogP contribution is -2.54. The van der Waals surface area contributed by atoms with Crippen LogP contribution in [0.5, 0.6) is 11.5 Å². The number of nitrogens with one attached hydrogen (secondary N) is 1. The number of anilines is 1. The van der Waals surface area contributed by atoms with E-state index in [0.29, 0.717) is 33.2 Å². The van der Waals surface area contributed by atoms with E-state index in [-0.39, 0.29) is 11.3 Å². The second kappa shape index (κ2) is 10.1. The smallest absolute Gasteiger partial charge is 0.335 e. The van der Waals surface area contributed by atoms with E-state index in [1.807, 2.05) is 30.3 Å². The maximum atomic E-state index is 13.1. The fourth-order valence-corrected chi connectivity index (χ4v) is 4.13. The van der Waals surface area contributed by atoms with Crippen LogP contribution in [-0.4, -0.2) is 25.0 Å². The standard InChI is InChI=1S/C25H18BrClN2O5/c1-33-21-12-16(11-20(26)22(21)34-14-15-6-3-2-4-7-15)10-19-23(30)28-25(32)29(24(19)31)18-9-5-8-17(27)13-18/h2-13H,14H2,1H3,(H,28,30,32)/b19-10+. The third kappa shape index (κ3) is 4.98. The minimum atomic E-state index is -0.849. The summed E-state index contributed by atoms with van der Waals surface area (Å²) in [7, 11) is 1.49. The van der Waals surface area contributed by atoms with Gasteiger partial charge in [-0.15, -0.1) is 0 Å². The number of amides is 4. The van der Waals surface area contributed by atoms with Crippen molar-refractivity contribution in [1.29, 1.82) is 0 Å². The number of methoxy groups -OCH3 is 1. The molecule has 0 spiro atoms. The van der Waals surface area contributed by atoms with Gasteiger partial charge in [0.1, 0.15) is 12.2 Å². The zero-order chi connectivity index (χ0) is 24.2. The fourth-order valence-electron chi connectivity index (χ4n) is 3.37. The van der Waals surface area contributed by atoms with Crippen LogP contribution in [0, 0.1) is 0 Å². The Morgan fingerprint density at radius 1 is 1.03 bits per heavy atom. The van der Waals surface area contributed by atoms with Crippen LogP contribution in [0.15, 0.2) is 76.8 Å². The summed E-state index contributed by atoms with van der Waals surface area (Å²) in [4.78, 5) is 38.8. The first-order valence-corrected chi connectivity index (χ1v) is 11.3. The molecule has 4 rings (SSSR count). The molecular weight excluding hydrogens is 524 g/mol. The van der Waals surface area contributed by atoms with Crippen LogP contribution >= 0.6 is 27.5 Å². The van der Waals surface area contributed by atoms with Gasteiger partial charge in [-0.3, -0.25) is 14.9 Å². The van der Waals surface area contributed by atoms with Crippen molar-refractivity contribution >= 4 is 57.1 Å². The molecule has 34 heavy (non-hydrogen) atoms. The number of carbonyl (C=O) groups is 3. The lowest BCUT2D eigenvalue weighted by atomic mass is 10.1. The first kappa shape index (κ1) is 23.5. The van der Waals surface area contributed by atoms with Crippen LogP contribution in [0.1, 0.15) is 11.1 Å². The van der Waals surface area contributed by atoms with Gasteiger partial charge in [0, 0.05) is 5.02 Å². The van der Waals surface area contributed by atoms with Crippen molar-refractivity contribution in [2.75, 3.05) is 12.0 Å². The molecule has 0 atom stereocenters. The maximum absolute atomic E-state index is 13.1. The topological polar surface area (TPSA) is 84.9 Å². The zero-order valence-electron chi connectivity index (χ0n) is 17.9. The summed E-state index contributed by atoms with van der Waals surface area (Å²) < 4.78 is 12.0. The SMILES string of the molecule is COc1cc(/C=C2\C(=O)NC(=O)N(c3cccc(Cl)c3)C2=O)cc(Br)c1OCc1ccccc1. The zero-order valence-corrected chi connectivity index (χ0v) is 20.2. The molecule has 0 bridgehead atoms. The average Bonchev–Trinajstić information content (AvgIpc) is 2.81. The monoisotopic (exact) mass is 540 g/mol. The van der Waals surface area contributed by atoms with Crippen LogP contribution in [-0.2, 0) is 16.2 Å². The number of hydrogen-bond donors (Lipinski definition) is 1. The van der Waals surface area contributed by atoms with Gasteiger partial charge < -0.3 is 9.47 Å². The quantitative estimate of drug-likeness (QED) is 0.336. The van der Waals surface area contributed by atoms with Gasteiger partial charge in [0.25, 0.3) is 11.8 Å². The van der Waals surface area contributed by atoms with Crippen LogP contribution in [0.25, 0.3) is 6.08 Å². The van der Waals surface area contributed by atoms with Gasteiger partial charge in [0.2, 0.25) is 0 Å². The first-order chi connectivity index (χ1) is 16.4. The van der Waals surface area contributed by atoms with Gasteiger partial charge in [0.15, 0.2) is 11.5 Å². The molecule has 0 aliphatic carbocycles. The fraction of sp³-hybridized carbons (Fsp3) is 0.0800. The van der Waals surface area contributed by atoms with Crippen LogP contribution < -0.4 is 19.7 Å². The van der Waals surface area contributed by atoms with Crippen LogP contribution in [0.3, 0.4) is 0 Å². The molecule has 1 saturated heterocycles. The van der Waals surface area contributed by atoms with Gasteiger partial charge in [-0.2, -0.15) is 0 Å². The number of ether oxygens (including phenoxy) is 2. The maximum Gasteiger partial charge on any atom is 0.335 e. The van der Waals surface area contributed by atoms with Crippen molar-refractivity contribution in [2.45, 2.75) is 6.61 Å². The summed E-state index contributed by atoms with van der Waals surface area (Å²) in [6.45, 7) is 0.327. The Kier molecular flexibility index (Phi) is 7.00. The number of nitrogens with zero attached hydrogens (tertiary/aromatic N) is 1. The summed E-state index contributed by atoms with van der Waals surface area (Å²) in [5, 5.41) is 2.54. The van der Waals surface area contributed by atoms with Gasteiger partial charge >= 0.3 is 6.03 Å². The average molecular weight is 542 g/mol. The summed E-state index contributed by atoms with van der Waals surface area (Å²) in [5.41, 5.74) is 1.51. The predicted octanol–water partition coefficient (Wildman–Crippen LogP) is 5.36. The van der Waals surface area contributed by atoms with E-state index in [2.05, 4.69) is 21.2 Å². The van der Waals surface area contributed by atoms with Crippen LogP contribution in [0.4, 0.5) is 10.5 Å². The summed E-state index contributed by atoms with van der Waals surface area (Å²) in [5.74, 6) is -0.685. The van der Waals surface area contributed by atoms with E-state index < -0.39 is 17.8 Å². The van der Waals surface area contributed by atoms with E-state index in [9.17, 15) is 14.4 Å². The van der Waals surface area contributed by atoms with Gasteiger partial charge in [-0.1, -0.05) is 48.0 Å². The normalized spacial score (nSPS) is 14.9. The number of barbiturate groups is 1. The molecular formula is C25H18BrClN2O5. The van der Waals surface area contributed by atoms with Crippen molar-refractivity contribution in [3.8, 4) is 11.5 Å². The van der Waals surface area contributed by atoms with Gasteiger partial charge in [-0.05, 0) is 63.5 Å². The highest BCUT2D eigenvalue weighted by molar-refractivity contribution is 9.10.